The minimum Gasteiger partial charge on any atom is -0.321 e. The molecule has 102 valence electrons. The van der Waals surface area contributed by atoms with E-state index in [2.05, 4.69) is 6.07 Å². The first kappa shape index (κ1) is 12.5. The molecule has 3 fully saturated rings. The van der Waals surface area contributed by atoms with E-state index in [-0.39, 0.29) is 5.54 Å². The third kappa shape index (κ3) is 1.65. The van der Waals surface area contributed by atoms with Gasteiger partial charge in [0.15, 0.2) is 0 Å². The molecule has 5 unspecified atom stereocenters. The van der Waals surface area contributed by atoms with Crippen molar-refractivity contribution in [2.24, 2.45) is 29.4 Å². The van der Waals surface area contributed by atoms with Gasteiger partial charge >= 0.3 is 0 Å². The van der Waals surface area contributed by atoms with Gasteiger partial charge in [-0.25, -0.2) is 0 Å². The van der Waals surface area contributed by atoms with Crippen molar-refractivity contribution in [3.8, 4) is 0 Å². The summed E-state index contributed by atoms with van der Waals surface area (Å²) >= 11 is 12.2. The van der Waals surface area contributed by atoms with E-state index < -0.39 is 0 Å². The summed E-state index contributed by atoms with van der Waals surface area (Å²) in [5, 5.41) is 1.26. The second kappa shape index (κ2) is 4.13. The van der Waals surface area contributed by atoms with Crippen LogP contribution in [-0.4, -0.2) is 0 Å². The molecule has 1 aromatic carbocycles. The van der Waals surface area contributed by atoms with E-state index in [1.807, 2.05) is 12.1 Å². The van der Waals surface area contributed by atoms with Crippen molar-refractivity contribution in [1.29, 1.82) is 0 Å². The molecule has 0 spiro atoms. The number of benzene rings is 1. The van der Waals surface area contributed by atoms with E-state index in [1.165, 1.54) is 31.2 Å². The molecule has 5 atom stereocenters. The summed E-state index contributed by atoms with van der Waals surface area (Å²) in [6.07, 6.45) is 6.68. The van der Waals surface area contributed by atoms with E-state index in [0.717, 1.165) is 24.2 Å². The fourth-order valence-corrected chi connectivity index (χ4v) is 5.61. The van der Waals surface area contributed by atoms with Crippen LogP contribution in [0.2, 0.25) is 10.0 Å². The SMILES string of the molecule is NC1(c2ccc(Cl)c(Cl)c2)CC2CC1C1CCCC21. The molecule has 4 rings (SSSR count). The second-order valence-corrected chi connectivity index (χ2v) is 7.55. The molecule has 2 N–H and O–H groups in total. The molecule has 0 radical (unpaired) electrons. The Kier molecular flexibility index (Phi) is 2.72. The van der Waals surface area contributed by atoms with Crippen LogP contribution in [-0.2, 0) is 5.54 Å². The molecule has 0 aliphatic heterocycles. The zero-order chi connectivity index (χ0) is 13.2. The van der Waals surface area contributed by atoms with Crippen molar-refractivity contribution in [3.63, 3.8) is 0 Å². The Morgan fingerprint density at radius 1 is 1.11 bits per heavy atom. The first-order valence-corrected chi connectivity index (χ1v) is 8.09. The largest absolute Gasteiger partial charge is 0.321 e. The Morgan fingerprint density at radius 3 is 2.68 bits per heavy atom. The third-order valence-electron chi connectivity index (χ3n) is 6.02. The monoisotopic (exact) mass is 295 g/mol. The van der Waals surface area contributed by atoms with Crippen LogP contribution < -0.4 is 5.73 Å². The average Bonchev–Trinajstić information content (AvgIpc) is 3.03. The van der Waals surface area contributed by atoms with E-state index in [1.54, 1.807) is 0 Å². The second-order valence-electron chi connectivity index (χ2n) is 6.73. The van der Waals surface area contributed by atoms with Gasteiger partial charge in [-0.2, -0.15) is 0 Å². The zero-order valence-electron chi connectivity index (χ0n) is 10.9. The molecule has 1 nitrogen and oxygen atoms in total. The predicted molar refractivity (Wildman–Crippen MR) is 79.4 cm³/mol. The molecule has 19 heavy (non-hydrogen) atoms. The lowest BCUT2D eigenvalue weighted by molar-refractivity contribution is 0.157. The van der Waals surface area contributed by atoms with Gasteiger partial charge in [0, 0.05) is 5.54 Å². The van der Waals surface area contributed by atoms with Crippen molar-refractivity contribution >= 4 is 23.2 Å². The molecule has 0 aromatic heterocycles. The number of hydrogen-bond donors (Lipinski definition) is 1. The van der Waals surface area contributed by atoms with Gasteiger partial charge in [0.05, 0.1) is 10.0 Å². The van der Waals surface area contributed by atoms with Crippen molar-refractivity contribution in [1.82, 2.24) is 0 Å². The molecule has 0 heterocycles. The van der Waals surface area contributed by atoms with Gasteiger partial charge in [-0.3, -0.25) is 0 Å². The molecule has 0 saturated heterocycles. The molecule has 3 saturated carbocycles. The van der Waals surface area contributed by atoms with Crippen LogP contribution in [0.4, 0.5) is 0 Å². The lowest BCUT2D eigenvalue weighted by Gasteiger charge is -2.40. The van der Waals surface area contributed by atoms with Crippen molar-refractivity contribution in [2.75, 3.05) is 0 Å². The van der Waals surface area contributed by atoms with Crippen molar-refractivity contribution < 1.29 is 0 Å². The smallest absolute Gasteiger partial charge is 0.0595 e. The lowest BCUT2D eigenvalue weighted by atomic mass is 9.68. The van der Waals surface area contributed by atoms with Crippen LogP contribution in [0.15, 0.2) is 18.2 Å². The third-order valence-corrected chi connectivity index (χ3v) is 6.76. The summed E-state index contributed by atoms with van der Waals surface area (Å²) in [7, 11) is 0. The minimum atomic E-state index is -0.162. The maximum atomic E-state index is 6.84. The van der Waals surface area contributed by atoms with Gasteiger partial charge in [-0.1, -0.05) is 35.7 Å². The minimum absolute atomic E-state index is 0.162. The van der Waals surface area contributed by atoms with Crippen LogP contribution >= 0.6 is 23.2 Å². The molecule has 0 amide bonds. The lowest BCUT2D eigenvalue weighted by Crippen LogP contribution is -2.46. The Hall–Kier alpha value is -0.240. The topological polar surface area (TPSA) is 26.0 Å². The number of fused-ring (bicyclic) bond motifs is 5. The molecule has 3 aliphatic rings. The highest BCUT2D eigenvalue weighted by Gasteiger charge is 2.59. The number of halogens is 2. The molecular formula is C16H19Cl2N. The van der Waals surface area contributed by atoms with Gasteiger partial charge in [0.1, 0.15) is 0 Å². The van der Waals surface area contributed by atoms with E-state index >= 15 is 0 Å². The van der Waals surface area contributed by atoms with Gasteiger partial charge in [-0.05, 0) is 67.1 Å². The maximum absolute atomic E-state index is 6.84. The number of rotatable bonds is 1. The zero-order valence-corrected chi connectivity index (χ0v) is 12.4. The highest BCUT2D eigenvalue weighted by atomic mass is 35.5. The first-order chi connectivity index (χ1) is 9.09. The number of hydrogen-bond acceptors (Lipinski definition) is 1. The molecular weight excluding hydrogens is 277 g/mol. The van der Waals surface area contributed by atoms with Gasteiger partial charge in [-0.15, -0.1) is 0 Å². The highest BCUT2D eigenvalue weighted by molar-refractivity contribution is 6.42. The Labute approximate surface area is 124 Å². The van der Waals surface area contributed by atoms with Gasteiger partial charge < -0.3 is 5.73 Å². The fraction of sp³-hybridized carbons (Fsp3) is 0.625. The van der Waals surface area contributed by atoms with Crippen LogP contribution in [0.5, 0.6) is 0 Å². The van der Waals surface area contributed by atoms with Crippen molar-refractivity contribution in [2.45, 2.75) is 37.6 Å². The van der Waals surface area contributed by atoms with E-state index in [0.29, 0.717) is 16.0 Å². The summed E-state index contributed by atoms with van der Waals surface area (Å²) in [5.74, 6) is 3.32. The maximum Gasteiger partial charge on any atom is 0.0595 e. The first-order valence-electron chi connectivity index (χ1n) is 7.34. The van der Waals surface area contributed by atoms with Crippen LogP contribution in [0, 0.1) is 23.7 Å². The predicted octanol–water partition coefficient (Wildman–Crippen LogP) is 4.60. The quantitative estimate of drug-likeness (QED) is 0.805. The van der Waals surface area contributed by atoms with Gasteiger partial charge in [0.25, 0.3) is 0 Å². The summed E-state index contributed by atoms with van der Waals surface area (Å²) in [4.78, 5) is 0. The molecule has 1 aromatic rings. The Morgan fingerprint density at radius 2 is 1.89 bits per heavy atom. The Bertz CT molecular complexity index is 529. The Balaban J connectivity index is 1.73. The normalized spacial score (nSPS) is 43.7. The molecule has 2 bridgehead atoms. The van der Waals surface area contributed by atoms with Crippen LogP contribution in [0.1, 0.15) is 37.7 Å². The van der Waals surface area contributed by atoms with Gasteiger partial charge in [0.2, 0.25) is 0 Å². The molecule has 3 heteroatoms. The fourth-order valence-electron chi connectivity index (χ4n) is 5.31. The van der Waals surface area contributed by atoms with E-state index in [9.17, 15) is 0 Å². The average molecular weight is 296 g/mol. The van der Waals surface area contributed by atoms with Crippen molar-refractivity contribution in [3.05, 3.63) is 33.8 Å². The van der Waals surface area contributed by atoms with Crippen LogP contribution in [0.3, 0.4) is 0 Å². The van der Waals surface area contributed by atoms with Crippen LogP contribution in [0.25, 0.3) is 0 Å². The van der Waals surface area contributed by atoms with E-state index in [4.69, 9.17) is 28.9 Å². The summed E-state index contributed by atoms with van der Waals surface area (Å²) in [6, 6.07) is 5.97. The number of nitrogens with two attached hydrogens (primary N) is 1. The highest BCUT2D eigenvalue weighted by Crippen LogP contribution is 2.64. The summed E-state index contributed by atoms with van der Waals surface area (Å²) in [6.45, 7) is 0. The standard InChI is InChI=1S/C16H19Cl2N/c17-14-5-4-10(7-15(14)18)16(19)8-9-6-13(16)12-3-1-2-11(9)12/h4-5,7,9,11-13H,1-3,6,8,19H2. The summed E-state index contributed by atoms with van der Waals surface area (Å²) in [5.41, 5.74) is 7.87. The molecule has 3 aliphatic carbocycles. The summed E-state index contributed by atoms with van der Waals surface area (Å²) < 4.78 is 0.